The lowest BCUT2D eigenvalue weighted by atomic mass is 9.93. The Balaban J connectivity index is 1.64. The van der Waals surface area contributed by atoms with Crippen molar-refractivity contribution in [2.45, 2.75) is 76.5 Å². The van der Waals surface area contributed by atoms with Crippen molar-refractivity contribution in [2.24, 2.45) is 5.41 Å². The minimum absolute atomic E-state index is 0.638. The predicted octanol–water partition coefficient (Wildman–Crippen LogP) is 2.39. The average Bonchev–Trinajstić information content (AvgIpc) is 2.95. The molecule has 2 aliphatic heterocycles. The first-order valence-corrected chi connectivity index (χ1v) is 7.06. The van der Waals surface area contributed by atoms with Crippen LogP contribution in [0.5, 0.6) is 0 Å². The van der Waals surface area contributed by atoms with Gasteiger partial charge in [-0.25, -0.2) is 0 Å². The highest BCUT2D eigenvalue weighted by Crippen LogP contribution is 2.50. The fraction of sp³-hybridized carbons (Fsp3) is 1.00. The molecule has 3 aliphatic rings. The van der Waals surface area contributed by atoms with Gasteiger partial charge < -0.3 is 10.2 Å². The summed E-state index contributed by atoms with van der Waals surface area (Å²) in [5.41, 5.74) is 0.638. The van der Waals surface area contributed by atoms with Gasteiger partial charge in [-0.15, -0.1) is 0 Å². The molecule has 0 aromatic heterocycles. The third-order valence-corrected chi connectivity index (χ3v) is 5.68. The third-order valence-electron chi connectivity index (χ3n) is 5.68. The molecule has 1 N–H and O–H groups in total. The quantitative estimate of drug-likeness (QED) is 0.789. The summed E-state index contributed by atoms with van der Waals surface area (Å²) in [6.07, 6.45) is 8.48. The van der Waals surface area contributed by atoms with E-state index in [4.69, 9.17) is 0 Å². The van der Waals surface area contributed by atoms with Crippen LogP contribution >= 0.6 is 0 Å². The zero-order valence-electron chi connectivity index (χ0n) is 11.0. The van der Waals surface area contributed by atoms with Crippen molar-refractivity contribution < 1.29 is 0 Å². The van der Waals surface area contributed by atoms with Gasteiger partial charge in [0.2, 0.25) is 0 Å². The van der Waals surface area contributed by atoms with E-state index in [0.29, 0.717) is 5.41 Å². The first-order valence-electron chi connectivity index (χ1n) is 7.06. The number of rotatable bonds is 3. The molecule has 1 aliphatic carbocycles. The van der Waals surface area contributed by atoms with E-state index in [1.807, 2.05) is 0 Å². The van der Waals surface area contributed by atoms with Crippen LogP contribution in [0.3, 0.4) is 0 Å². The van der Waals surface area contributed by atoms with Gasteiger partial charge in [0.15, 0.2) is 0 Å². The Morgan fingerprint density at radius 3 is 2.25 bits per heavy atom. The standard InChI is InChI=1S/C14H26N2/c1-10(14(2)6-7-14)16(3)13-8-11-4-5-12(9-13)15-11/h10-13,15H,4-9H2,1-3H3. The number of piperidine rings is 1. The monoisotopic (exact) mass is 222 g/mol. The number of nitrogens with zero attached hydrogens (tertiary/aromatic N) is 1. The van der Waals surface area contributed by atoms with E-state index < -0.39 is 0 Å². The lowest BCUT2D eigenvalue weighted by Gasteiger charge is -2.41. The highest BCUT2D eigenvalue weighted by molar-refractivity contribution is 5.01. The minimum atomic E-state index is 0.638. The lowest BCUT2D eigenvalue weighted by molar-refractivity contribution is 0.0956. The van der Waals surface area contributed by atoms with Gasteiger partial charge in [-0.1, -0.05) is 6.92 Å². The molecule has 0 aromatic rings. The molecule has 0 spiro atoms. The van der Waals surface area contributed by atoms with E-state index in [1.165, 1.54) is 38.5 Å². The fourth-order valence-corrected chi connectivity index (χ4v) is 3.78. The molecule has 0 amide bonds. The predicted molar refractivity (Wildman–Crippen MR) is 67.5 cm³/mol. The molecule has 0 aromatic carbocycles. The van der Waals surface area contributed by atoms with Gasteiger partial charge in [0.25, 0.3) is 0 Å². The molecular formula is C14H26N2. The molecule has 2 nitrogen and oxygen atoms in total. The molecule has 1 saturated carbocycles. The summed E-state index contributed by atoms with van der Waals surface area (Å²) in [6, 6.07) is 3.26. The Bertz CT molecular complexity index is 260. The topological polar surface area (TPSA) is 15.3 Å². The summed E-state index contributed by atoms with van der Waals surface area (Å²) < 4.78 is 0. The summed E-state index contributed by atoms with van der Waals surface area (Å²) in [7, 11) is 2.36. The molecule has 2 heterocycles. The zero-order chi connectivity index (χ0) is 11.3. The van der Waals surface area contributed by atoms with Gasteiger partial charge in [0.05, 0.1) is 0 Å². The van der Waals surface area contributed by atoms with Crippen LogP contribution in [-0.4, -0.2) is 36.1 Å². The van der Waals surface area contributed by atoms with Crippen molar-refractivity contribution in [1.82, 2.24) is 10.2 Å². The van der Waals surface area contributed by atoms with Crippen molar-refractivity contribution in [2.75, 3.05) is 7.05 Å². The fourth-order valence-electron chi connectivity index (χ4n) is 3.78. The normalized spacial score (nSPS) is 42.4. The molecule has 3 rings (SSSR count). The zero-order valence-corrected chi connectivity index (χ0v) is 11.0. The van der Waals surface area contributed by atoms with Crippen LogP contribution in [0.15, 0.2) is 0 Å². The first kappa shape index (κ1) is 11.0. The third kappa shape index (κ3) is 1.80. The minimum Gasteiger partial charge on any atom is -0.311 e. The summed E-state index contributed by atoms with van der Waals surface area (Å²) in [5, 5.41) is 3.74. The van der Waals surface area contributed by atoms with Crippen molar-refractivity contribution >= 4 is 0 Å². The van der Waals surface area contributed by atoms with Gasteiger partial charge in [-0.05, 0) is 57.9 Å². The molecule has 3 atom stereocenters. The van der Waals surface area contributed by atoms with E-state index in [2.05, 4.69) is 31.1 Å². The maximum absolute atomic E-state index is 3.74. The van der Waals surface area contributed by atoms with E-state index in [1.54, 1.807) is 0 Å². The second-order valence-electron chi connectivity index (χ2n) is 6.76. The highest BCUT2D eigenvalue weighted by atomic mass is 15.2. The van der Waals surface area contributed by atoms with Crippen LogP contribution in [0.2, 0.25) is 0 Å². The van der Waals surface area contributed by atoms with Crippen LogP contribution < -0.4 is 5.32 Å². The largest absolute Gasteiger partial charge is 0.311 e. The Morgan fingerprint density at radius 2 is 1.75 bits per heavy atom. The number of hydrogen-bond acceptors (Lipinski definition) is 2. The van der Waals surface area contributed by atoms with E-state index in [9.17, 15) is 0 Å². The Morgan fingerprint density at radius 1 is 1.19 bits per heavy atom. The molecule has 3 fully saturated rings. The number of hydrogen-bond donors (Lipinski definition) is 1. The maximum Gasteiger partial charge on any atom is 0.0125 e. The maximum atomic E-state index is 3.74. The van der Waals surface area contributed by atoms with Crippen LogP contribution in [0.4, 0.5) is 0 Å². The summed E-state index contributed by atoms with van der Waals surface area (Å²) in [4.78, 5) is 2.69. The summed E-state index contributed by atoms with van der Waals surface area (Å²) >= 11 is 0. The Hall–Kier alpha value is -0.0800. The van der Waals surface area contributed by atoms with Gasteiger partial charge >= 0.3 is 0 Å². The SMILES string of the molecule is CC(N(C)C1CC2CCC(C1)N2)C1(C)CC1. The average molecular weight is 222 g/mol. The number of fused-ring (bicyclic) bond motifs is 2. The van der Waals surface area contributed by atoms with Crippen molar-refractivity contribution in [3.05, 3.63) is 0 Å². The Kier molecular flexibility index (Phi) is 2.56. The molecule has 3 unspecified atom stereocenters. The number of nitrogens with one attached hydrogen (secondary N) is 1. The van der Waals surface area contributed by atoms with Crippen LogP contribution in [0.1, 0.15) is 52.4 Å². The van der Waals surface area contributed by atoms with Crippen LogP contribution in [0, 0.1) is 5.41 Å². The van der Waals surface area contributed by atoms with Gasteiger partial charge in [0, 0.05) is 24.2 Å². The molecule has 92 valence electrons. The van der Waals surface area contributed by atoms with Crippen molar-refractivity contribution in [3.8, 4) is 0 Å². The lowest BCUT2D eigenvalue weighted by Crippen LogP contribution is -2.51. The highest BCUT2D eigenvalue weighted by Gasteiger charge is 2.46. The molecular weight excluding hydrogens is 196 g/mol. The van der Waals surface area contributed by atoms with Crippen LogP contribution in [-0.2, 0) is 0 Å². The van der Waals surface area contributed by atoms with Gasteiger partial charge in [0.1, 0.15) is 0 Å². The second-order valence-corrected chi connectivity index (χ2v) is 6.76. The van der Waals surface area contributed by atoms with Gasteiger partial charge in [-0.2, -0.15) is 0 Å². The molecule has 2 saturated heterocycles. The van der Waals surface area contributed by atoms with Gasteiger partial charge in [-0.3, -0.25) is 0 Å². The van der Waals surface area contributed by atoms with E-state index in [0.717, 1.165) is 24.2 Å². The Labute approximate surface area is 99.8 Å². The van der Waals surface area contributed by atoms with E-state index in [-0.39, 0.29) is 0 Å². The summed E-state index contributed by atoms with van der Waals surface area (Å²) in [6.45, 7) is 4.90. The van der Waals surface area contributed by atoms with Crippen molar-refractivity contribution in [1.29, 1.82) is 0 Å². The molecule has 0 radical (unpaired) electrons. The molecule has 2 heteroatoms. The first-order chi connectivity index (χ1) is 7.58. The van der Waals surface area contributed by atoms with Crippen molar-refractivity contribution in [3.63, 3.8) is 0 Å². The smallest absolute Gasteiger partial charge is 0.0125 e. The molecule has 16 heavy (non-hydrogen) atoms. The van der Waals surface area contributed by atoms with E-state index >= 15 is 0 Å². The second kappa shape index (κ2) is 3.71. The molecule has 2 bridgehead atoms. The summed E-state index contributed by atoms with van der Waals surface area (Å²) in [5.74, 6) is 0. The van der Waals surface area contributed by atoms with Crippen LogP contribution in [0.25, 0.3) is 0 Å².